The molecule has 38 heavy (non-hydrogen) atoms. The highest BCUT2D eigenvalue weighted by atomic mass is 16.5. The zero-order valence-electron chi connectivity index (χ0n) is 21.6. The first-order chi connectivity index (χ1) is 18.2. The number of amides is 2. The molecule has 10 nitrogen and oxygen atoms in total. The number of ether oxygens (including phenoxy) is 2. The standard InChI is InChI=1S/C28H30N4O6/c1-15(33)29-23(27(35)37-3)13-19-17-9-5-7-11-21(17)31-25(19)26-20(18-10-6-8-12-22(18)32-26)14-24(28(36)38-4)30-16(2)34/h5-12,23-24,31-32H,13-14H2,1-4H3,(H,29,33)(H,30,34)/t23-,24-/m0/s1. The number of hydrogen-bond acceptors (Lipinski definition) is 6. The number of para-hydroxylation sites is 2. The summed E-state index contributed by atoms with van der Waals surface area (Å²) in [5.74, 6) is -1.84. The molecule has 2 heterocycles. The molecule has 4 N–H and O–H groups in total. The molecule has 2 amide bonds. The van der Waals surface area contributed by atoms with E-state index in [-0.39, 0.29) is 24.7 Å². The van der Waals surface area contributed by atoms with Crippen molar-refractivity contribution in [2.24, 2.45) is 0 Å². The zero-order chi connectivity index (χ0) is 27.4. The van der Waals surface area contributed by atoms with Gasteiger partial charge in [0, 0.05) is 48.5 Å². The molecule has 0 aliphatic heterocycles. The summed E-state index contributed by atoms with van der Waals surface area (Å²) in [4.78, 5) is 55.8. The van der Waals surface area contributed by atoms with Gasteiger partial charge in [-0.2, -0.15) is 0 Å². The molecule has 198 valence electrons. The fraction of sp³-hybridized carbons (Fsp3) is 0.286. The zero-order valence-corrected chi connectivity index (χ0v) is 21.6. The molecule has 0 aliphatic rings. The van der Waals surface area contributed by atoms with E-state index in [9.17, 15) is 19.2 Å². The fourth-order valence-electron chi connectivity index (χ4n) is 4.82. The van der Waals surface area contributed by atoms with Gasteiger partial charge in [0.15, 0.2) is 0 Å². The predicted octanol–water partition coefficient (Wildman–Crippen LogP) is 2.76. The lowest BCUT2D eigenvalue weighted by atomic mass is 9.96. The molecular weight excluding hydrogens is 488 g/mol. The number of carbonyl (C=O) groups excluding carboxylic acids is 4. The minimum Gasteiger partial charge on any atom is -0.467 e. The number of rotatable bonds is 9. The molecule has 0 spiro atoms. The van der Waals surface area contributed by atoms with Crippen molar-refractivity contribution in [3.05, 3.63) is 59.7 Å². The largest absolute Gasteiger partial charge is 0.467 e. The monoisotopic (exact) mass is 518 g/mol. The normalized spacial score (nSPS) is 12.6. The highest BCUT2D eigenvalue weighted by Gasteiger charge is 2.29. The molecule has 0 bridgehead atoms. The highest BCUT2D eigenvalue weighted by Crippen LogP contribution is 2.37. The number of aromatic amines is 2. The van der Waals surface area contributed by atoms with E-state index >= 15 is 0 Å². The molecule has 0 fully saturated rings. The van der Waals surface area contributed by atoms with Crippen molar-refractivity contribution in [2.45, 2.75) is 38.8 Å². The fourth-order valence-corrected chi connectivity index (χ4v) is 4.82. The Morgan fingerprint density at radius 3 is 1.39 bits per heavy atom. The smallest absolute Gasteiger partial charge is 0.328 e. The van der Waals surface area contributed by atoms with Crippen LogP contribution in [-0.2, 0) is 41.5 Å². The van der Waals surface area contributed by atoms with Crippen LogP contribution in [0.15, 0.2) is 48.5 Å². The summed E-state index contributed by atoms with van der Waals surface area (Å²) in [6, 6.07) is 13.5. The number of esters is 2. The molecule has 0 saturated heterocycles. The maximum absolute atomic E-state index is 12.6. The molecule has 10 heteroatoms. The van der Waals surface area contributed by atoms with Gasteiger partial charge in [0.05, 0.1) is 25.6 Å². The lowest BCUT2D eigenvalue weighted by Gasteiger charge is -2.18. The van der Waals surface area contributed by atoms with Crippen LogP contribution in [0.3, 0.4) is 0 Å². The Hall–Kier alpha value is -4.60. The third-order valence-corrected chi connectivity index (χ3v) is 6.42. The molecule has 2 aromatic heterocycles. The van der Waals surface area contributed by atoms with Gasteiger partial charge in [-0.15, -0.1) is 0 Å². The molecule has 2 atom stereocenters. The van der Waals surface area contributed by atoms with Crippen LogP contribution in [0, 0.1) is 0 Å². The van der Waals surface area contributed by atoms with Gasteiger partial charge >= 0.3 is 11.9 Å². The second-order valence-electron chi connectivity index (χ2n) is 9.01. The topological polar surface area (TPSA) is 142 Å². The van der Waals surface area contributed by atoms with Crippen LogP contribution < -0.4 is 10.6 Å². The minimum atomic E-state index is -0.912. The number of nitrogens with one attached hydrogen (secondary N) is 4. The van der Waals surface area contributed by atoms with E-state index < -0.39 is 24.0 Å². The molecule has 2 aromatic carbocycles. The van der Waals surface area contributed by atoms with Crippen molar-refractivity contribution in [3.63, 3.8) is 0 Å². The van der Waals surface area contributed by atoms with Crippen LogP contribution in [-0.4, -0.2) is 60.0 Å². The summed E-state index contributed by atoms with van der Waals surface area (Å²) in [5, 5.41) is 7.11. The van der Waals surface area contributed by atoms with Crippen LogP contribution >= 0.6 is 0 Å². The first kappa shape index (κ1) is 26.5. The maximum atomic E-state index is 12.6. The van der Waals surface area contributed by atoms with Crippen molar-refractivity contribution in [1.29, 1.82) is 0 Å². The van der Waals surface area contributed by atoms with E-state index in [1.54, 1.807) is 0 Å². The van der Waals surface area contributed by atoms with Gasteiger partial charge in [-0.05, 0) is 23.3 Å². The Morgan fingerprint density at radius 2 is 1.05 bits per heavy atom. The molecule has 0 radical (unpaired) electrons. The van der Waals surface area contributed by atoms with Crippen molar-refractivity contribution in [3.8, 4) is 11.4 Å². The Kier molecular flexibility index (Phi) is 7.80. The van der Waals surface area contributed by atoms with Crippen LogP contribution in [0.4, 0.5) is 0 Å². The Bertz CT molecular complexity index is 1400. The van der Waals surface area contributed by atoms with Crippen molar-refractivity contribution < 1.29 is 28.7 Å². The molecule has 0 aliphatic carbocycles. The summed E-state index contributed by atoms with van der Waals surface area (Å²) in [5.41, 5.74) is 4.63. The molecule has 0 saturated carbocycles. The second-order valence-corrected chi connectivity index (χ2v) is 9.01. The van der Waals surface area contributed by atoms with Crippen LogP contribution in [0.1, 0.15) is 25.0 Å². The number of benzene rings is 2. The number of fused-ring (bicyclic) bond motifs is 2. The van der Waals surface area contributed by atoms with Gasteiger partial charge < -0.3 is 30.1 Å². The summed E-state index contributed by atoms with van der Waals surface area (Å²) in [6.45, 7) is 2.69. The predicted molar refractivity (Wildman–Crippen MR) is 142 cm³/mol. The first-order valence-corrected chi connectivity index (χ1v) is 12.1. The summed E-state index contributed by atoms with van der Waals surface area (Å²) < 4.78 is 9.91. The van der Waals surface area contributed by atoms with E-state index in [1.165, 1.54) is 28.1 Å². The van der Waals surface area contributed by atoms with E-state index in [2.05, 4.69) is 20.6 Å². The number of hydrogen-bond donors (Lipinski definition) is 4. The van der Waals surface area contributed by atoms with Crippen LogP contribution in [0.2, 0.25) is 0 Å². The Balaban J connectivity index is 1.92. The quantitative estimate of drug-likeness (QED) is 0.251. The van der Waals surface area contributed by atoms with Crippen molar-refractivity contribution in [2.75, 3.05) is 14.2 Å². The number of methoxy groups -OCH3 is 2. The van der Waals surface area contributed by atoms with E-state index in [0.717, 1.165) is 32.9 Å². The van der Waals surface area contributed by atoms with Gasteiger partial charge in [0.1, 0.15) is 12.1 Å². The van der Waals surface area contributed by atoms with Gasteiger partial charge in [-0.25, -0.2) is 9.59 Å². The molecule has 0 unspecified atom stereocenters. The molecule has 4 aromatic rings. The van der Waals surface area contributed by atoms with E-state index in [4.69, 9.17) is 9.47 Å². The van der Waals surface area contributed by atoms with Gasteiger partial charge in [-0.3, -0.25) is 9.59 Å². The molecular formula is C28H30N4O6. The second kappa shape index (κ2) is 11.2. The SMILES string of the molecule is COC(=O)[C@H](Cc1c(-c2[nH]c3ccccc3c2C[C@H](NC(C)=O)C(=O)OC)[nH]c2ccccc12)NC(C)=O. The summed E-state index contributed by atoms with van der Waals surface area (Å²) in [6.07, 6.45) is 0.319. The lowest BCUT2D eigenvalue weighted by Crippen LogP contribution is -2.42. The maximum Gasteiger partial charge on any atom is 0.328 e. The highest BCUT2D eigenvalue weighted by molar-refractivity contribution is 5.97. The summed E-state index contributed by atoms with van der Waals surface area (Å²) >= 11 is 0. The minimum absolute atomic E-state index is 0.159. The Labute approximate surface area is 219 Å². The van der Waals surface area contributed by atoms with Crippen molar-refractivity contribution >= 4 is 45.6 Å². The van der Waals surface area contributed by atoms with Gasteiger partial charge in [0.2, 0.25) is 11.8 Å². The first-order valence-electron chi connectivity index (χ1n) is 12.1. The number of aromatic nitrogens is 2. The van der Waals surface area contributed by atoms with E-state index in [0.29, 0.717) is 11.4 Å². The third-order valence-electron chi connectivity index (χ3n) is 6.42. The molecule has 4 rings (SSSR count). The van der Waals surface area contributed by atoms with Gasteiger partial charge in [-0.1, -0.05) is 36.4 Å². The lowest BCUT2D eigenvalue weighted by molar-refractivity contribution is -0.145. The van der Waals surface area contributed by atoms with Crippen LogP contribution in [0.5, 0.6) is 0 Å². The van der Waals surface area contributed by atoms with E-state index in [1.807, 2.05) is 48.5 Å². The Morgan fingerprint density at radius 1 is 0.684 bits per heavy atom. The van der Waals surface area contributed by atoms with Gasteiger partial charge in [0.25, 0.3) is 0 Å². The third kappa shape index (κ3) is 5.39. The number of carbonyl (C=O) groups is 4. The average Bonchev–Trinajstić information content (AvgIpc) is 3.44. The summed E-state index contributed by atoms with van der Waals surface area (Å²) in [7, 11) is 2.55. The average molecular weight is 519 g/mol. The number of H-pyrrole nitrogens is 2. The van der Waals surface area contributed by atoms with Crippen molar-refractivity contribution in [1.82, 2.24) is 20.6 Å². The van der Waals surface area contributed by atoms with Crippen LogP contribution in [0.25, 0.3) is 33.2 Å².